The van der Waals surface area contributed by atoms with Crippen LogP contribution in [-0.2, 0) is 33.8 Å². The monoisotopic (exact) mass is 403 g/mol. The Kier molecular flexibility index (Phi) is 7.61. The van der Waals surface area contributed by atoms with E-state index in [9.17, 15) is 9.59 Å². The minimum absolute atomic E-state index is 0.125. The Hall–Kier alpha value is -3.60. The molecule has 0 saturated carbocycles. The van der Waals surface area contributed by atoms with Crippen LogP contribution in [0.4, 0.5) is 4.79 Å². The van der Waals surface area contributed by atoms with Gasteiger partial charge in [-0.2, -0.15) is 0 Å². The molecule has 3 aromatic carbocycles. The summed E-state index contributed by atoms with van der Waals surface area (Å²) in [6.07, 6.45) is -1.40. The van der Waals surface area contributed by atoms with E-state index in [0.29, 0.717) is 13.1 Å². The van der Waals surface area contributed by atoms with Crippen LogP contribution in [-0.4, -0.2) is 23.3 Å². The van der Waals surface area contributed by atoms with E-state index in [2.05, 4.69) is 0 Å². The van der Waals surface area contributed by atoms with E-state index in [1.165, 1.54) is 0 Å². The molecule has 0 aromatic heterocycles. The quantitative estimate of drug-likeness (QED) is 0.394. The molecule has 0 N–H and O–H groups in total. The Morgan fingerprint density at radius 1 is 0.700 bits per heavy atom. The van der Waals surface area contributed by atoms with Gasteiger partial charge in [0.25, 0.3) is 0 Å². The van der Waals surface area contributed by atoms with Crippen molar-refractivity contribution in [2.75, 3.05) is 0 Å². The first-order chi connectivity index (χ1) is 14.6. The van der Waals surface area contributed by atoms with Gasteiger partial charge in [0.15, 0.2) is 0 Å². The van der Waals surface area contributed by atoms with Crippen molar-refractivity contribution in [3.63, 3.8) is 0 Å². The number of hydrogen-bond acceptors (Lipinski definition) is 4. The van der Waals surface area contributed by atoms with Crippen molar-refractivity contribution in [1.82, 2.24) is 4.90 Å². The third-order valence-corrected chi connectivity index (χ3v) is 4.45. The first-order valence-corrected chi connectivity index (χ1v) is 9.87. The second-order valence-electron chi connectivity index (χ2n) is 6.93. The van der Waals surface area contributed by atoms with Gasteiger partial charge in [-0.3, -0.25) is 9.69 Å². The number of ether oxygens (including phenoxy) is 2. The van der Waals surface area contributed by atoms with Crippen LogP contribution >= 0.6 is 0 Å². The van der Waals surface area contributed by atoms with Crippen LogP contribution in [0.3, 0.4) is 0 Å². The van der Waals surface area contributed by atoms with Gasteiger partial charge in [0, 0.05) is 20.0 Å². The standard InChI is InChI=1S/C25H25NO4/c1-20(29-24(27)17-21-11-5-2-6-12-21)30-25(28)26(18-22-13-7-3-8-14-22)19-23-15-9-4-10-16-23/h2-16,20H,17-19H2,1H3. The van der Waals surface area contributed by atoms with E-state index < -0.39 is 18.4 Å². The topological polar surface area (TPSA) is 55.8 Å². The van der Waals surface area contributed by atoms with Crippen molar-refractivity contribution >= 4 is 12.1 Å². The third-order valence-electron chi connectivity index (χ3n) is 4.45. The van der Waals surface area contributed by atoms with Gasteiger partial charge in [0.05, 0.1) is 6.42 Å². The minimum Gasteiger partial charge on any atom is -0.425 e. The van der Waals surface area contributed by atoms with Gasteiger partial charge in [-0.05, 0) is 16.7 Å². The first-order valence-electron chi connectivity index (χ1n) is 9.87. The van der Waals surface area contributed by atoms with Crippen LogP contribution in [0.2, 0.25) is 0 Å². The minimum atomic E-state index is -0.984. The maximum Gasteiger partial charge on any atom is 0.413 e. The number of benzene rings is 3. The molecule has 30 heavy (non-hydrogen) atoms. The van der Waals surface area contributed by atoms with Gasteiger partial charge in [0.2, 0.25) is 6.29 Å². The first kappa shape index (κ1) is 21.1. The summed E-state index contributed by atoms with van der Waals surface area (Å²) in [5.74, 6) is -0.445. The normalized spacial score (nSPS) is 11.4. The summed E-state index contributed by atoms with van der Waals surface area (Å²) in [6, 6.07) is 28.7. The zero-order valence-corrected chi connectivity index (χ0v) is 16.9. The van der Waals surface area contributed by atoms with Crippen molar-refractivity contribution in [1.29, 1.82) is 0 Å². The Balaban J connectivity index is 1.60. The SMILES string of the molecule is CC(OC(=O)Cc1ccccc1)OC(=O)N(Cc1ccccc1)Cc1ccccc1. The highest BCUT2D eigenvalue weighted by Gasteiger charge is 2.21. The molecule has 0 spiro atoms. The highest BCUT2D eigenvalue weighted by molar-refractivity contribution is 5.73. The molecule has 1 unspecified atom stereocenters. The fourth-order valence-corrected chi connectivity index (χ4v) is 3.02. The molecule has 3 aromatic rings. The van der Waals surface area contributed by atoms with E-state index >= 15 is 0 Å². The Bertz CT molecular complexity index is 888. The summed E-state index contributed by atoms with van der Waals surface area (Å²) >= 11 is 0. The summed E-state index contributed by atoms with van der Waals surface area (Å²) < 4.78 is 10.7. The van der Waals surface area contributed by atoms with Gasteiger partial charge in [0.1, 0.15) is 0 Å². The second-order valence-corrected chi connectivity index (χ2v) is 6.93. The largest absolute Gasteiger partial charge is 0.425 e. The number of amides is 1. The van der Waals surface area contributed by atoms with E-state index in [-0.39, 0.29) is 6.42 Å². The number of carbonyl (C=O) groups is 2. The van der Waals surface area contributed by atoms with Crippen molar-refractivity contribution in [3.05, 3.63) is 108 Å². The van der Waals surface area contributed by atoms with Gasteiger partial charge in [-0.15, -0.1) is 0 Å². The molecule has 0 aliphatic rings. The van der Waals surface area contributed by atoms with Crippen LogP contribution in [0.5, 0.6) is 0 Å². The molecule has 0 aliphatic heterocycles. The van der Waals surface area contributed by atoms with Crippen molar-refractivity contribution in [2.45, 2.75) is 32.7 Å². The Morgan fingerprint density at radius 2 is 1.13 bits per heavy atom. The van der Waals surface area contributed by atoms with E-state index in [4.69, 9.17) is 9.47 Å². The predicted octanol–water partition coefficient (Wildman–Crippen LogP) is 4.96. The molecule has 0 bridgehead atoms. The van der Waals surface area contributed by atoms with E-state index in [0.717, 1.165) is 16.7 Å². The Morgan fingerprint density at radius 3 is 1.60 bits per heavy atom. The lowest BCUT2D eigenvalue weighted by Gasteiger charge is -2.24. The lowest BCUT2D eigenvalue weighted by molar-refractivity contribution is -0.165. The van der Waals surface area contributed by atoms with E-state index in [1.54, 1.807) is 11.8 Å². The van der Waals surface area contributed by atoms with Crippen molar-refractivity contribution < 1.29 is 19.1 Å². The molecule has 154 valence electrons. The summed E-state index contributed by atoms with van der Waals surface area (Å²) in [5, 5.41) is 0. The van der Waals surface area contributed by atoms with Crippen molar-refractivity contribution in [3.8, 4) is 0 Å². The van der Waals surface area contributed by atoms with Crippen LogP contribution in [0.25, 0.3) is 0 Å². The maximum atomic E-state index is 12.8. The molecule has 0 saturated heterocycles. The molecule has 0 fully saturated rings. The van der Waals surface area contributed by atoms with Gasteiger partial charge >= 0.3 is 12.1 Å². The summed E-state index contributed by atoms with van der Waals surface area (Å²) in [7, 11) is 0. The van der Waals surface area contributed by atoms with Crippen LogP contribution < -0.4 is 0 Å². The number of carbonyl (C=O) groups excluding carboxylic acids is 2. The fourth-order valence-electron chi connectivity index (χ4n) is 3.02. The van der Waals surface area contributed by atoms with Crippen LogP contribution in [0, 0.1) is 0 Å². The summed E-state index contributed by atoms with van der Waals surface area (Å²) in [5.41, 5.74) is 2.81. The Labute approximate surface area is 176 Å². The zero-order valence-electron chi connectivity index (χ0n) is 16.9. The smallest absolute Gasteiger partial charge is 0.413 e. The number of esters is 1. The number of nitrogens with zero attached hydrogens (tertiary/aromatic N) is 1. The number of hydrogen-bond donors (Lipinski definition) is 0. The van der Waals surface area contributed by atoms with Gasteiger partial charge < -0.3 is 9.47 Å². The third kappa shape index (κ3) is 6.78. The summed E-state index contributed by atoms with van der Waals surface area (Å²) in [4.78, 5) is 26.5. The van der Waals surface area contributed by atoms with Crippen molar-refractivity contribution in [2.24, 2.45) is 0 Å². The number of rotatable bonds is 8. The molecule has 3 rings (SSSR count). The van der Waals surface area contributed by atoms with Crippen LogP contribution in [0.15, 0.2) is 91.0 Å². The lowest BCUT2D eigenvalue weighted by Crippen LogP contribution is -2.34. The molecule has 5 nitrogen and oxygen atoms in total. The molecular weight excluding hydrogens is 378 g/mol. The highest BCUT2D eigenvalue weighted by atomic mass is 16.7. The fraction of sp³-hybridized carbons (Fsp3) is 0.200. The molecule has 0 aliphatic carbocycles. The zero-order chi connectivity index (χ0) is 21.2. The summed E-state index contributed by atoms with van der Waals surface area (Å²) in [6.45, 7) is 2.32. The lowest BCUT2D eigenvalue weighted by atomic mass is 10.2. The second kappa shape index (κ2) is 10.8. The van der Waals surface area contributed by atoms with Gasteiger partial charge in [-0.1, -0.05) is 91.0 Å². The average Bonchev–Trinajstić information content (AvgIpc) is 2.75. The van der Waals surface area contributed by atoms with Crippen LogP contribution in [0.1, 0.15) is 23.6 Å². The molecular formula is C25H25NO4. The molecule has 5 heteroatoms. The molecule has 1 atom stereocenters. The van der Waals surface area contributed by atoms with Gasteiger partial charge in [-0.25, -0.2) is 4.79 Å². The highest BCUT2D eigenvalue weighted by Crippen LogP contribution is 2.13. The van der Waals surface area contributed by atoms with E-state index in [1.807, 2.05) is 91.0 Å². The average molecular weight is 403 g/mol. The molecule has 0 heterocycles. The molecule has 1 amide bonds. The molecule has 0 radical (unpaired) electrons. The maximum absolute atomic E-state index is 12.8. The predicted molar refractivity (Wildman–Crippen MR) is 114 cm³/mol.